The smallest absolute Gasteiger partial charge is 0.376 e. The zero-order valence-electron chi connectivity index (χ0n) is 12.2. The van der Waals surface area contributed by atoms with Crippen LogP contribution < -0.4 is 0 Å². The van der Waals surface area contributed by atoms with E-state index in [1.807, 2.05) is 20.8 Å². The minimum Gasteiger partial charge on any atom is -0.463 e. The van der Waals surface area contributed by atoms with Gasteiger partial charge in [-0.05, 0) is 12.1 Å². The zero-order chi connectivity index (χ0) is 15.8. The highest BCUT2D eigenvalue weighted by Gasteiger charge is 2.31. The molecule has 1 heterocycles. The van der Waals surface area contributed by atoms with Crippen molar-refractivity contribution in [1.82, 2.24) is 4.98 Å². The fourth-order valence-corrected chi connectivity index (χ4v) is 2.11. The lowest BCUT2D eigenvalue weighted by Crippen LogP contribution is -2.17. The van der Waals surface area contributed by atoms with Crippen LogP contribution in [0.4, 0.5) is 4.39 Å². The molecule has 1 aromatic heterocycles. The number of carbonyl (C=O) groups excluding carboxylic acids is 1. The summed E-state index contributed by atoms with van der Waals surface area (Å²) in [5, 5.41) is 0.160. The number of hydrogen-bond acceptors (Lipinski definition) is 4. The molecule has 112 valence electrons. The Labute approximate surface area is 126 Å². The van der Waals surface area contributed by atoms with Crippen molar-refractivity contribution in [3.05, 3.63) is 40.5 Å². The van der Waals surface area contributed by atoms with Gasteiger partial charge in [0.2, 0.25) is 11.7 Å². The molecular formula is C15H15ClFNO3. The average molecular weight is 312 g/mol. The SMILES string of the molecule is COC(=O)c1oc(-c2c(F)cccc2Cl)nc1C(C)(C)C. The second-order valence-electron chi connectivity index (χ2n) is 5.53. The lowest BCUT2D eigenvalue weighted by molar-refractivity contribution is 0.0562. The molecule has 0 spiro atoms. The van der Waals surface area contributed by atoms with Crippen LogP contribution >= 0.6 is 11.6 Å². The molecule has 0 radical (unpaired) electrons. The van der Waals surface area contributed by atoms with Crippen LogP contribution in [0.3, 0.4) is 0 Å². The van der Waals surface area contributed by atoms with Gasteiger partial charge in [-0.15, -0.1) is 0 Å². The average Bonchev–Trinajstić information content (AvgIpc) is 2.82. The first-order valence-electron chi connectivity index (χ1n) is 6.29. The van der Waals surface area contributed by atoms with Crippen molar-refractivity contribution in [1.29, 1.82) is 0 Å². The zero-order valence-corrected chi connectivity index (χ0v) is 12.9. The highest BCUT2D eigenvalue weighted by molar-refractivity contribution is 6.33. The second-order valence-corrected chi connectivity index (χ2v) is 5.94. The largest absolute Gasteiger partial charge is 0.463 e. The summed E-state index contributed by atoms with van der Waals surface area (Å²) >= 11 is 6.00. The van der Waals surface area contributed by atoms with E-state index in [9.17, 15) is 9.18 Å². The van der Waals surface area contributed by atoms with E-state index in [2.05, 4.69) is 9.72 Å². The van der Waals surface area contributed by atoms with Crippen LogP contribution in [0.25, 0.3) is 11.5 Å². The number of hydrogen-bond donors (Lipinski definition) is 0. The maximum absolute atomic E-state index is 14.0. The molecular weight excluding hydrogens is 297 g/mol. The molecule has 0 atom stereocenters. The first-order valence-corrected chi connectivity index (χ1v) is 6.67. The first kappa shape index (κ1) is 15.5. The lowest BCUT2D eigenvalue weighted by Gasteiger charge is -2.15. The quantitative estimate of drug-likeness (QED) is 0.779. The maximum atomic E-state index is 14.0. The van der Waals surface area contributed by atoms with E-state index < -0.39 is 17.2 Å². The Morgan fingerprint density at radius 3 is 2.57 bits per heavy atom. The van der Waals surface area contributed by atoms with Crippen molar-refractivity contribution in [2.24, 2.45) is 0 Å². The number of ether oxygens (including phenoxy) is 1. The molecule has 4 nitrogen and oxygen atoms in total. The Hall–Kier alpha value is -1.88. The van der Waals surface area contributed by atoms with Crippen LogP contribution in [0.1, 0.15) is 37.0 Å². The van der Waals surface area contributed by atoms with Crippen LogP contribution in [0.5, 0.6) is 0 Å². The third-order valence-electron chi connectivity index (χ3n) is 2.88. The monoisotopic (exact) mass is 311 g/mol. The molecule has 6 heteroatoms. The summed E-state index contributed by atoms with van der Waals surface area (Å²) in [6, 6.07) is 4.26. The van der Waals surface area contributed by atoms with Gasteiger partial charge in [0.05, 0.1) is 17.7 Å². The van der Waals surface area contributed by atoms with Gasteiger partial charge in [0.15, 0.2) is 0 Å². The standard InChI is InChI=1S/C15H15ClFNO3/c1-15(2,3)12-11(14(19)20-4)21-13(18-12)10-8(16)6-5-7-9(10)17/h5-7H,1-4H3. The van der Waals surface area contributed by atoms with E-state index in [0.717, 1.165) is 0 Å². The highest BCUT2D eigenvalue weighted by atomic mass is 35.5. The summed E-state index contributed by atoms with van der Waals surface area (Å²) in [4.78, 5) is 16.1. The molecule has 0 fully saturated rings. The summed E-state index contributed by atoms with van der Waals surface area (Å²) in [6.45, 7) is 5.60. The Morgan fingerprint density at radius 2 is 2.05 bits per heavy atom. The third kappa shape index (κ3) is 2.93. The molecule has 0 aliphatic heterocycles. The summed E-state index contributed by atoms with van der Waals surface area (Å²) in [6.07, 6.45) is 0. The van der Waals surface area contributed by atoms with Gasteiger partial charge >= 0.3 is 5.97 Å². The number of benzene rings is 1. The van der Waals surface area contributed by atoms with Crippen molar-refractivity contribution in [2.75, 3.05) is 7.11 Å². The predicted molar refractivity (Wildman–Crippen MR) is 76.9 cm³/mol. The Balaban J connectivity index is 2.68. The number of oxazole rings is 1. The van der Waals surface area contributed by atoms with Crippen LogP contribution in [-0.2, 0) is 10.2 Å². The second kappa shape index (κ2) is 5.48. The molecule has 0 amide bonds. The van der Waals surface area contributed by atoms with Gasteiger partial charge in [0.1, 0.15) is 11.5 Å². The van der Waals surface area contributed by atoms with Gasteiger partial charge in [-0.3, -0.25) is 0 Å². The van der Waals surface area contributed by atoms with Gasteiger partial charge in [-0.2, -0.15) is 0 Å². The Kier molecular flexibility index (Phi) is 4.05. The predicted octanol–water partition coefficient (Wildman–Crippen LogP) is 4.22. The number of esters is 1. The molecule has 0 aliphatic carbocycles. The van der Waals surface area contributed by atoms with Crippen LogP contribution in [0.15, 0.2) is 22.6 Å². The summed E-state index contributed by atoms with van der Waals surface area (Å²) < 4.78 is 24.1. The molecule has 2 aromatic rings. The number of methoxy groups -OCH3 is 1. The van der Waals surface area contributed by atoms with Crippen molar-refractivity contribution >= 4 is 17.6 Å². The van der Waals surface area contributed by atoms with E-state index in [4.69, 9.17) is 16.0 Å². The molecule has 0 saturated heterocycles. The molecule has 0 saturated carbocycles. The van der Waals surface area contributed by atoms with Gasteiger partial charge in [0.25, 0.3) is 0 Å². The normalized spacial score (nSPS) is 11.5. The number of aromatic nitrogens is 1. The van der Waals surface area contributed by atoms with E-state index in [1.165, 1.54) is 25.3 Å². The van der Waals surface area contributed by atoms with E-state index >= 15 is 0 Å². The molecule has 0 unspecified atom stereocenters. The summed E-state index contributed by atoms with van der Waals surface area (Å²) in [7, 11) is 1.24. The molecule has 1 aromatic carbocycles. The summed E-state index contributed by atoms with van der Waals surface area (Å²) in [5.74, 6) is -1.31. The number of rotatable bonds is 2. The van der Waals surface area contributed by atoms with E-state index in [1.54, 1.807) is 0 Å². The number of nitrogens with zero attached hydrogens (tertiary/aromatic N) is 1. The minimum absolute atomic E-state index is 0.0276. The number of halogens is 2. The fraction of sp³-hybridized carbons (Fsp3) is 0.333. The van der Waals surface area contributed by atoms with Gasteiger partial charge in [0, 0.05) is 5.41 Å². The Morgan fingerprint density at radius 1 is 1.38 bits per heavy atom. The van der Waals surface area contributed by atoms with Crippen LogP contribution in [0, 0.1) is 5.82 Å². The molecule has 0 bridgehead atoms. The van der Waals surface area contributed by atoms with Crippen LogP contribution in [-0.4, -0.2) is 18.1 Å². The van der Waals surface area contributed by atoms with Gasteiger partial charge in [-0.1, -0.05) is 38.4 Å². The number of carbonyl (C=O) groups is 1. The van der Waals surface area contributed by atoms with Crippen molar-refractivity contribution < 1.29 is 18.3 Å². The van der Waals surface area contributed by atoms with E-state index in [0.29, 0.717) is 5.69 Å². The van der Waals surface area contributed by atoms with Gasteiger partial charge in [-0.25, -0.2) is 14.2 Å². The lowest BCUT2D eigenvalue weighted by atomic mass is 9.91. The van der Waals surface area contributed by atoms with Crippen molar-refractivity contribution in [3.8, 4) is 11.5 Å². The maximum Gasteiger partial charge on any atom is 0.376 e. The Bertz CT molecular complexity index is 668. The molecule has 2 rings (SSSR count). The minimum atomic E-state index is -0.661. The third-order valence-corrected chi connectivity index (χ3v) is 3.20. The van der Waals surface area contributed by atoms with Crippen molar-refractivity contribution in [3.63, 3.8) is 0 Å². The molecule has 21 heavy (non-hydrogen) atoms. The molecule has 0 aliphatic rings. The highest BCUT2D eigenvalue weighted by Crippen LogP contribution is 2.34. The topological polar surface area (TPSA) is 52.3 Å². The fourth-order valence-electron chi connectivity index (χ4n) is 1.87. The summed E-state index contributed by atoms with van der Waals surface area (Å²) in [5.41, 5.74) is -0.0493. The molecule has 0 N–H and O–H groups in total. The van der Waals surface area contributed by atoms with Crippen LogP contribution in [0.2, 0.25) is 5.02 Å². The van der Waals surface area contributed by atoms with E-state index in [-0.39, 0.29) is 22.2 Å². The van der Waals surface area contributed by atoms with Gasteiger partial charge < -0.3 is 9.15 Å². The first-order chi connectivity index (χ1) is 9.75. The van der Waals surface area contributed by atoms with Crippen molar-refractivity contribution in [2.45, 2.75) is 26.2 Å².